The molecule has 0 saturated carbocycles. The topological polar surface area (TPSA) is 77.2 Å². The molecule has 1 aromatic heterocycles. The average Bonchev–Trinajstić information content (AvgIpc) is 2.76. The third kappa shape index (κ3) is 4.05. The molecular weight excluding hydrogens is 270 g/mol. The summed E-state index contributed by atoms with van der Waals surface area (Å²) in [6.07, 6.45) is -0.499. The first kappa shape index (κ1) is 15.0. The first-order valence-corrected chi connectivity index (χ1v) is 6.66. The van der Waals surface area contributed by atoms with Gasteiger partial charge in [-0.25, -0.2) is 4.79 Å². The van der Waals surface area contributed by atoms with Gasteiger partial charge in [0.2, 0.25) is 11.7 Å². The number of anilines is 1. The Bertz CT molecular complexity index is 656. The van der Waals surface area contributed by atoms with E-state index in [0.717, 1.165) is 11.1 Å². The molecule has 6 nitrogen and oxygen atoms in total. The minimum atomic E-state index is -0.539. The van der Waals surface area contributed by atoms with Gasteiger partial charge in [0.05, 0.1) is 0 Å². The van der Waals surface area contributed by atoms with Crippen LogP contribution in [0.3, 0.4) is 0 Å². The lowest BCUT2D eigenvalue weighted by atomic mass is 10.1. The highest BCUT2D eigenvalue weighted by Crippen LogP contribution is 2.24. The van der Waals surface area contributed by atoms with Gasteiger partial charge in [-0.1, -0.05) is 11.2 Å². The maximum atomic E-state index is 11.8. The number of ether oxygens (including phenoxy) is 1. The number of benzene rings is 1. The standard InChI is InChI=1S/C15H19N3O3/c1-9-6-7-11(17-14(19)20-15(3,4)5)8-12(9)13-16-10(2)21-18-13/h6-8H,1-5H3,(H,17,19). The molecular formula is C15H19N3O3. The van der Waals surface area contributed by atoms with Crippen LogP contribution in [0, 0.1) is 13.8 Å². The van der Waals surface area contributed by atoms with Gasteiger partial charge in [-0.05, 0) is 45.4 Å². The van der Waals surface area contributed by atoms with Crippen LogP contribution < -0.4 is 5.32 Å². The number of carbonyl (C=O) groups excluding carboxylic acids is 1. The number of aryl methyl sites for hydroxylation is 2. The quantitative estimate of drug-likeness (QED) is 0.912. The Kier molecular flexibility index (Phi) is 3.97. The number of nitrogens with one attached hydrogen (secondary N) is 1. The number of aromatic nitrogens is 2. The van der Waals surface area contributed by atoms with Crippen molar-refractivity contribution in [1.29, 1.82) is 0 Å². The third-order valence-electron chi connectivity index (χ3n) is 2.65. The van der Waals surface area contributed by atoms with Crippen LogP contribution in [0.5, 0.6) is 0 Å². The Morgan fingerprint density at radius 2 is 2.00 bits per heavy atom. The Hall–Kier alpha value is -2.37. The minimum Gasteiger partial charge on any atom is -0.444 e. The number of rotatable bonds is 2. The van der Waals surface area contributed by atoms with E-state index in [9.17, 15) is 4.79 Å². The van der Waals surface area contributed by atoms with Crippen molar-refractivity contribution < 1.29 is 14.1 Å². The van der Waals surface area contributed by atoms with E-state index >= 15 is 0 Å². The van der Waals surface area contributed by atoms with Gasteiger partial charge in [-0.3, -0.25) is 5.32 Å². The van der Waals surface area contributed by atoms with Gasteiger partial charge in [-0.15, -0.1) is 0 Å². The molecule has 112 valence electrons. The zero-order chi connectivity index (χ0) is 15.6. The first-order chi connectivity index (χ1) is 9.74. The van der Waals surface area contributed by atoms with Crippen molar-refractivity contribution in [3.63, 3.8) is 0 Å². The molecule has 0 atom stereocenters. The molecule has 6 heteroatoms. The Morgan fingerprint density at radius 1 is 1.29 bits per heavy atom. The van der Waals surface area contributed by atoms with E-state index < -0.39 is 11.7 Å². The first-order valence-electron chi connectivity index (χ1n) is 6.66. The van der Waals surface area contributed by atoms with E-state index in [1.807, 2.05) is 33.8 Å². The highest BCUT2D eigenvalue weighted by Gasteiger charge is 2.17. The highest BCUT2D eigenvalue weighted by molar-refractivity contribution is 5.86. The summed E-state index contributed by atoms with van der Waals surface area (Å²) in [7, 11) is 0. The summed E-state index contributed by atoms with van der Waals surface area (Å²) in [5.74, 6) is 0.993. The van der Waals surface area contributed by atoms with Gasteiger partial charge in [0.25, 0.3) is 0 Å². The van der Waals surface area contributed by atoms with Crippen molar-refractivity contribution >= 4 is 11.8 Å². The molecule has 1 N–H and O–H groups in total. The van der Waals surface area contributed by atoms with E-state index in [-0.39, 0.29) is 0 Å². The van der Waals surface area contributed by atoms with Crippen LogP contribution in [-0.2, 0) is 4.74 Å². The van der Waals surface area contributed by atoms with Crippen LogP contribution in [0.2, 0.25) is 0 Å². The lowest BCUT2D eigenvalue weighted by Crippen LogP contribution is -2.27. The molecule has 0 aliphatic carbocycles. The van der Waals surface area contributed by atoms with E-state index in [4.69, 9.17) is 9.26 Å². The highest BCUT2D eigenvalue weighted by atomic mass is 16.6. The van der Waals surface area contributed by atoms with Crippen molar-refractivity contribution in [2.24, 2.45) is 0 Å². The minimum absolute atomic E-state index is 0.495. The SMILES string of the molecule is Cc1nc(-c2cc(NC(=O)OC(C)(C)C)ccc2C)no1. The number of hydrogen-bond acceptors (Lipinski definition) is 5. The maximum Gasteiger partial charge on any atom is 0.412 e. The van der Waals surface area contributed by atoms with Crippen LogP contribution in [0.25, 0.3) is 11.4 Å². The Labute approximate surface area is 123 Å². The Morgan fingerprint density at radius 3 is 2.57 bits per heavy atom. The van der Waals surface area contributed by atoms with E-state index in [2.05, 4.69) is 15.5 Å². The molecule has 2 aromatic rings. The number of carbonyl (C=O) groups is 1. The van der Waals surface area contributed by atoms with Crippen LogP contribution >= 0.6 is 0 Å². The molecule has 21 heavy (non-hydrogen) atoms. The number of amides is 1. The third-order valence-corrected chi connectivity index (χ3v) is 2.65. The summed E-state index contributed by atoms with van der Waals surface area (Å²) in [5.41, 5.74) is 1.88. The van der Waals surface area contributed by atoms with Gasteiger partial charge in [0.15, 0.2) is 0 Å². The van der Waals surface area contributed by atoms with Crippen LogP contribution in [0.15, 0.2) is 22.7 Å². The van der Waals surface area contributed by atoms with Crippen molar-refractivity contribution in [3.05, 3.63) is 29.7 Å². The summed E-state index contributed by atoms with van der Waals surface area (Å²) in [5, 5.41) is 6.59. The number of hydrogen-bond donors (Lipinski definition) is 1. The van der Waals surface area contributed by atoms with Crippen molar-refractivity contribution in [2.45, 2.75) is 40.2 Å². The molecule has 0 saturated heterocycles. The molecule has 0 aliphatic rings. The largest absolute Gasteiger partial charge is 0.444 e. The predicted molar refractivity (Wildman–Crippen MR) is 79.1 cm³/mol. The predicted octanol–water partition coefficient (Wildman–Crippen LogP) is 3.70. The smallest absolute Gasteiger partial charge is 0.412 e. The normalized spacial score (nSPS) is 11.3. The molecule has 0 aliphatic heterocycles. The summed E-state index contributed by atoms with van der Waals surface area (Å²) in [4.78, 5) is 16.0. The average molecular weight is 289 g/mol. The van der Waals surface area contributed by atoms with Crippen molar-refractivity contribution in [3.8, 4) is 11.4 Å². The molecule has 1 aromatic carbocycles. The lowest BCUT2D eigenvalue weighted by Gasteiger charge is -2.19. The molecule has 0 spiro atoms. The molecule has 0 unspecified atom stereocenters. The van der Waals surface area contributed by atoms with E-state index in [1.54, 1.807) is 19.1 Å². The van der Waals surface area contributed by atoms with Crippen LogP contribution in [-0.4, -0.2) is 21.8 Å². The monoisotopic (exact) mass is 289 g/mol. The zero-order valence-electron chi connectivity index (χ0n) is 12.9. The molecule has 0 fully saturated rings. The molecule has 0 radical (unpaired) electrons. The second-order valence-corrected chi connectivity index (χ2v) is 5.79. The van der Waals surface area contributed by atoms with E-state index in [1.165, 1.54) is 0 Å². The van der Waals surface area contributed by atoms with Gasteiger partial charge < -0.3 is 9.26 Å². The molecule has 0 bridgehead atoms. The summed E-state index contributed by atoms with van der Waals surface area (Å²) >= 11 is 0. The van der Waals surface area contributed by atoms with Crippen molar-refractivity contribution in [1.82, 2.24) is 10.1 Å². The zero-order valence-corrected chi connectivity index (χ0v) is 12.9. The maximum absolute atomic E-state index is 11.8. The lowest BCUT2D eigenvalue weighted by molar-refractivity contribution is 0.0636. The second kappa shape index (κ2) is 5.55. The summed E-state index contributed by atoms with van der Waals surface area (Å²) < 4.78 is 10.2. The van der Waals surface area contributed by atoms with Gasteiger partial charge in [0, 0.05) is 18.2 Å². The van der Waals surface area contributed by atoms with E-state index in [0.29, 0.717) is 17.4 Å². The van der Waals surface area contributed by atoms with Gasteiger partial charge in [0.1, 0.15) is 5.60 Å². The summed E-state index contributed by atoms with van der Waals surface area (Å²) in [6, 6.07) is 5.48. The fraction of sp³-hybridized carbons (Fsp3) is 0.400. The molecule has 2 rings (SSSR count). The van der Waals surface area contributed by atoms with Gasteiger partial charge >= 0.3 is 6.09 Å². The Balaban J connectivity index is 2.21. The molecule has 1 heterocycles. The molecule has 1 amide bonds. The second-order valence-electron chi connectivity index (χ2n) is 5.79. The van der Waals surface area contributed by atoms with Crippen LogP contribution in [0.4, 0.5) is 10.5 Å². The van der Waals surface area contributed by atoms with Gasteiger partial charge in [-0.2, -0.15) is 4.98 Å². The number of nitrogens with zero attached hydrogens (tertiary/aromatic N) is 2. The summed E-state index contributed by atoms with van der Waals surface area (Å²) in [6.45, 7) is 9.12. The van der Waals surface area contributed by atoms with Crippen molar-refractivity contribution in [2.75, 3.05) is 5.32 Å². The fourth-order valence-electron chi connectivity index (χ4n) is 1.77. The van der Waals surface area contributed by atoms with Crippen LogP contribution in [0.1, 0.15) is 32.2 Å². The fourth-order valence-corrected chi connectivity index (χ4v) is 1.77.